The summed E-state index contributed by atoms with van der Waals surface area (Å²) in [4.78, 5) is 16.8. The van der Waals surface area contributed by atoms with Crippen LogP contribution in [0.3, 0.4) is 0 Å². The van der Waals surface area contributed by atoms with Gasteiger partial charge in [-0.15, -0.1) is 0 Å². The van der Waals surface area contributed by atoms with E-state index in [1.807, 2.05) is 30.3 Å². The summed E-state index contributed by atoms with van der Waals surface area (Å²) in [5, 5.41) is 0. The van der Waals surface area contributed by atoms with Gasteiger partial charge in [0, 0.05) is 27.8 Å². The number of aryl methyl sites for hydroxylation is 1. The van der Waals surface area contributed by atoms with Gasteiger partial charge in [0.25, 0.3) is 0 Å². The van der Waals surface area contributed by atoms with Crippen molar-refractivity contribution in [2.45, 2.75) is 19.3 Å². The first-order chi connectivity index (χ1) is 9.24. The fourth-order valence-corrected chi connectivity index (χ4v) is 2.87. The Bertz CT molecular complexity index is 606. The predicted molar refractivity (Wildman–Crippen MR) is 78.2 cm³/mol. The topological polar surface area (TPSA) is 30.0 Å². The molecule has 0 spiro atoms. The van der Waals surface area contributed by atoms with E-state index in [1.165, 1.54) is 5.56 Å². The maximum absolute atomic E-state index is 12.5. The number of aromatic nitrogens is 1. The summed E-state index contributed by atoms with van der Waals surface area (Å²) in [6.45, 7) is 0. The largest absolute Gasteiger partial charge is 0.294 e. The summed E-state index contributed by atoms with van der Waals surface area (Å²) in [5.41, 5.74) is 3.07. The molecule has 3 heteroatoms. The number of rotatable bonds is 2. The smallest absolute Gasteiger partial charge is 0.166 e. The highest BCUT2D eigenvalue weighted by Gasteiger charge is 2.27. The van der Waals surface area contributed by atoms with E-state index in [0.717, 1.165) is 35.0 Å². The fraction of sp³-hybridized carbons (Fsp3) is 0.250. The number of benzene rings is 1. The Hall–Kier alpha value is -1.48. The molecule has 19 heavy (non-hydrogen) atoms. The third-order valence-electron chi connectivity index (χ3n) is 3.66. The minimum Gasteiger partial charge on any atom is -0.294 e. The van der Waals surface area contributed by atoms with Crippen molar-refractivity contribution in [3.05, 3.63) is 63.9 Å². The van der Waals surface area contributed by atoms with Gasteiger partial charge in [-0.3, -0.25) is 9.78 Å². The molecule has 0 saturated carbocycles. The Morgan fingerprint density at radius 2 is 2.05 bits per heavy atom. The van der Waals surface area contributed by atoms with Gasteiger partial charge in [0.05, 0.1) is 0 Å². The molecule has 1 atom stereocenters. The molecule has 1 unspecified atom stereocenters. The van der Waals surface area contributed by atoms with E-state index in [4.69, 9.17) is 0 Å². The Balaban J connectivity index is 1.81. The Labute approximate surface area is 121 Å². The number of fused-ring (bicyclic) bond motifs is 1. The minimum absolute atomic E-state index is 0.0728. The first kappa shape index (κ1) is 12.5. The molecule has 2 nitrogen and oxygen atoms in total. The highest BCUT2D eigenvalue weighted by molar-refractivity contribution is 9.10. The second-order valence-electron chi connectivity index (χ2n) is 4.93. The number of hydrogen-bond acceptors (Lipinski definition) is 2. The van der Waals surface area contributed by atoms with Crippen molar-refractivity contribution in [2.24, 2.45) is 5.92 Å². The number of Topliss-reactive ketones (excluding diaryl/α,β-unsaturated/α-hetero) is 1. The van der Waals surface area contributed by atoms with Crippen molar-refractivity contribution in [3.63, 3.8) is 0 Å². The zero-order chi connectivity index (χ0) is 13.2. The molecule has 0 N–H and O–H groups in total. The summed E-state index contributed by atoms with van der Waals surface area (Å²) in [6.07, 6.45) is 4.44. The van der Waals surface area contributed by atoms with Crippen LogP contribution in [0.2, 0.25) is 0 Å². The Morgan fingerprint density at radius 1 is 1.21 bits per heavy atom. The van der Waals surface area contributed by atoms with E-state index >= 15 is 0 Å². The Kier molecular flexibility index (Phi) is 3.47. The lowest BCUT2D eigenvalue weighted by Gasteiger charge is -2.22. The van der Waals surface area contributed by atoms with Crippen LogP contribution in [0.15, 0.2) is 47.1 Å². The average molecular weight is 316 g/mol. The lowest BCUT2D eigenvalue weighted by atomic mass is 9.80. The molecule has 1 aromatic carbocycles. The second-order valence-corrected chi connectivity index (χ2v) is 5.84. The molecule has 0 amide bonds. The summed E-state index contributed by atoms with van der Waals surface area (Å²) in [6, 6.07) is 11.9. The number of halogens is 1. The maximum Gasteiger partial charge on any atom is 0.166 e. The average Bonchev–Trinajstić information content (AvgIpc) is 2.45. The number of hydrogen-bond donors (Lipinski definition) is 0. The molecule has 2 aromatic rings. The van der Waals surface area contributed by atoms with Crippen molar-refractivity contribution in [1.82, 2.24) is 4.98 Å². The maximum atomic E-state index is 12.5. The fourth-order valence-electron chi connectivity index (χ4n) is 2.63. The number of ketones is 1. The number of nitrogens with zero attached hydrogens (tertiary/aromatic N) is 1. The molecule has 1 aliphatic carbocycles. The summed E-state index contributed by atoms with van der Waals surface area (Å²) >= 11 is 3.37. The zero-order valence-corrected chi connectivity index (χ0v) is 12.1. The van der Waals surface area contributed by atoms with Crippen LogP contribution in [0.25, 0.3) is 0 Å². The molecular weight excluding hydrogens is 302 g/mol. The number of carbonyl (C=O) groups is 1. The lowest BCUT2D eigenvalue weighted by molar-refractivity contribution is 0.0900. The van der Waals surface area contributed by atoms with E-state index in [1.54, 1.807) is 6.20 Å². The van der Waals surface area contributed by atoms with Crippen molar-refractivity contribution in [1.29, 1.82) is 0 Å². The van der Waals surface area contributed by atoms with E-state index in [0.29, 0.717) is 0 Å². The van der Waals surface area contributed by atoms with Crippen LogP contribution in [0.4, 0.5) is 0 Å². The van der Waals surface area contributed by atoms with Gasteiger partial charge in [-0.2, -0.15) is 0 Å². The van der Waals surface area contributed by atoms with Gasteiger partial charge in [0.2, 0.25) is 0 Å². The van der Waals surface area contributed by atoms with Gasteiger partial charge in [-0.05, 0) is 52.9 Å². The van der Waals surface area contributed by atoms with Crippen LogP contribution in [-0.4, -0.2) is 10.8 Å². The zero-order valence-electron chi connectivity index (χ0n) is 10.5. The van der Waals surface area contributed by atoms with Gasteiger partial charge < -0.3 is 0 Å². The molecule has 1 aliphatic rings. The van der Waals surface area contributed by atoms with Gasteiger partial charge in [-0.25, -0.2) is 0 Å². The van der Waals surface area contributed by atoms with Crippen LogP contribution in [0.1, 0.15) is 28.0 Å². The number of carbonyl (C=O) groups excluding carboxylic acids is 1. The minimum atomic E-state index is 0.0728. The summed E-state index contributed by atoms with van der Waals surface area (Å²) < 4.78 is 0.969. The van der Waals surface area contributed by atoms with E-state index in [2.05, 4.69) is 27.0 Å². The van der Waals surface area contributed by atoms with Crippen LogP contribution >= 0.6 is 15.9 Å². The normalized spacial score (nSPS) is 18.2. The molecule has 3 rings (SSSR count). The van der Waals surface area contributed by atoms with Gasteiger partial charge in [0.15, 0.2) is 5.78 Å². The van der Waals surface area contributed by atoms with Crippen molar-refractivity contribution < 1.29 is 4.79 Å². The Morgan fingerprint density at radius 3 is 2.84 bits per heavy atom. The standard InChI is InChI=1S/C16H14BrNO/c17-13-7-8-14(18-10-13)9-12-6-5-11-3-1-2-4-15(11)16(12)19/h1-4,7-8,10,12H,5-6,9H2. The highest BCUT2D eigenvalue weighted by atomic mass is 79.9. The van der Waals surface area contributed by atoms with E-state index in [-0.39, 0.29) is 11.7 Å². The van der Waals surface area contributed by atoms with Crippen LogP contribution in [0, 0.1) is 5.92 Å². The first-order valence-corrected chi connectivity index (χ1v) is 7.26. The summed E-state index contributed by atoms with van der Waals surface area (Å²) in [5.74, 6) is 0.343. The van der Waals surface area contributed by atoms with Crippen molar-refractivity contribution in [3.8, 4) is 0 Å². The molecule has 1 aromatic heterocycles. The predicted octanol–water partition coefficient (Wildman–Crippen LogP) is 3.83. The highest BCUT2D eigenvalue weighted by Crippen LogP contribution is 2.27. The van der Waals surface area contributed by atoms with Gasteiger partial charge in [0.1, 0.15) is 0 Å². The second kappa shape index (κ2) is 5.25. The van der Waals surface area contributed by atoms with Crippen LogP contribution in [0.5, 0.6) is 0 Å². The lowest BCUT2D eigenvalue weighted by Crippen LogP contribution is -2.24. The molecule has 96 valence electrons. The SMILES string of the molecule is O=C1c2ccccc2CCC1Cc1ccc(Br)cn1. The van der Waals surface area contributed by atoms with E-state index < -0.39 is 0 Å². The van der Waals surface area contributed by atoms with Crippen LogP contribution < -0.4 is 0 Å². The van der Waals surface area contributed by atoms with Gasteiger partial charge >= 0.3 is 0 Å². The van der Waals surface area contributed by atoms with Crippen molar-refractivity contribution >= 4 is 21.7 Å². The third-order valence-corrected chi connectivity index (χ3v) is 4.13. The molecule has 0 fully saturated rings. The van der Waals surface area contributed by atoms with E-state index in [9.17, 15) is 4.79 Å². The monoisotopic (exact) mass is 315 g/mol. The van der Waals surface area contributed by atoms with Gasteiger partial charge in [-0.1, -0.05) is 24.3 Å². The molecule has 0 saturated heterocycles. The quantitative estimate of drug-likeness (QED) is 0.843. The molecule has 0 bridgehead atoms. The molecule has 1 heterocycles. The molecule has 0 radical (unpaired) electrons. The number of pyridine rings is 1. The van der Waals surface area contributed by atoms with Crippen LogP contribution in [-0.2, 0) is 12.8 Å². The molecular formula is C16H14BrNO. The third kappa shape index (κ3) is 2.61. The van der Waals surface area contributed by atoms with Crippen molar-refractivity contribution in [2.75, 3.05) is 0 Å². The first-order valence-electron chi connectivity index (χ1n) is 6.46. The summed E-state index contributed by atoms with van der Waals surface area (Å²) in [7, 11) is 0. The molecule has 0 aliphatic heterocycles.